The molecule has 2 saturated heterocycles. The Kier molecular flexibility index (Phi) is 4.58. The van der Waals surface area contributed by atoms with E-state index in [4.69, 9.17) is 9.47 Å². The molecule has 8 heteroatoms. The van der Waals surface area contributed by atoms with Crippen LogP contribution in [0.5, 0.6) is 11.5 Å². The van der Waals surface area contributed by atoms with E-state index in [9.17, 15) is 9.59 Å². The lowest BCUT2D eigenvalue weighted by molar-refractivity contribution is -0.128. The maximum Gasteiger partial charge on any atom is 0.318 e. The number of nitrogens with zero attached hydrogens (tertiary/aromatic N) is 3. The zero-order valence-electron chi connectivity index (χ0n) is 14.9. The maximum atomic E-state index is 12.4. The molecule has 0 aromatic heterocycles. The molecule has 1 N–H and O–H groups in total. The van der Waals surface area contributed by atoms with E-state index in [1.54, 1.807) is 16.8 Å². The minimum atomic E-state index is -0.376. The van der Waals surface area contributed by atoms with E-state index < -0.39 is 0 Å². The van der Waals surface area contributed by atoms with E-state index in [-0.39, 0.29) is 24.8 Å². The highest BCUT2D eigenvalue weighted by Gasteiger charge is 2.32. The fourth-order valence-corrected chi connectivity index (χ4v) is 3.60. The second-order valence-electron chi connectivity index (χ2n) is 7.00. The Labute approximate surface area is 152 Å². The molecule has 8 nitrogen and oxygen atoms in total. The minimum Gasteiger partial charge on any atom is -0.454 e. The van der Waals surface area contributed by atoms with Crippen molar-refractivity contribution in [2.24, 2.45) is 0 Å². The third-order valence-electron chi connectivity index (χ3n) is 5.23. The fourth-order valence-electron chi connectivity index (χ4n) is 3.60. The summed E-state index contributed by atoms with van der Waals surface area (Å²) in [6.07, 6.45) is 0.686. The van der Waals surface area contributed by atoms with Crippen molar-refractivity contribution in [3.8, 4) is 11.5 Å². The number of carbonyl (C=O) groups excluding carboxylic acids is 2. The first-order valence-electron chi connectivity index (χ1n) is 9.01. The number of amides is 3. The average Bonchev–Trinajstić information content (AvgIpc) is 3.23. The Morgan fingerprint density at radius 3 is 2.65 bits per heavy atom. The lowest BCUT2D eigenvalue weighted by Gasteiger charge is -2.35. The number of fused-ring (bicyclic) bond motifs is 1. The van der Waals surface area contributed by atoms with Gasteiger partial charge in [0.1, 0.15) is 6.04 Å². The van der Waals surface area contributed by atoms with E-state index >= 15 is 0 Å². The Hall–Kier alpha value is -2.48. The first-order valence-corrected chi connectivity index (χ1v) is 9.01. The van der Waals surface area contributed by atoms with E-state index in [0.29, 0.717) is 26.1 Å². The van der Waals surface area contributed by atoms with Gasteiger partial charge in [0.15, 0.2) is 11.5 Å². The highest BCUT2D eigenvalue weighted by Crippen LogP contribution is 2.32. The van der Waals surface area contributed by atoms with Crippen LogP contribution in [0.2, 0.25) is 0 Å². The lowest BCUT2D eigenvalue weighted by Crippen LogP contribution is -2.54. The van der Waals surface area contributed by atoms with Crippen LogP contribution in [0.4, 0.5) is 4.79 Å². The molecule has 1 atom stereocenters. The van der Waals surface area contributed by atoms with Gasteiger partial charge >= 0.3 is 6.03 Å². The van der Waals surface area contributed by atoms with Crippen LogP contribution in [-0.2, 0) is 11.3 Å². The highest BCUT2D eigenvalue weighted by molar-refractivity contribution is 5.88. The summed E-state index contributed by atoms with van der Waals surface area (Å²) in [5.41, 5.74) is 1.17. The standard InChI is InChI=1S/C18H24N4O4/c1-20-5-4-14(17(20)23)19-18(24)22-8-6-21(7-9-22)11-13-2-3-15-16(10-13)26-12-25-15/h2-3,10,14H,4-9,11-12H2,1H3,(H,19,24). The molecule has 3 aliphatic rings. The molecule has 26 heavy (non-hydrogen) atoms. The first-order chi connectivity index (χ1) is 12.6. The predicted octanol–water partition coefficient (Wildman–Crippen LogP) is 0.473. The normalized spacial score (nSPS) is 22.8. The fraction of sp³-hybridized carbons (Fsp3) is 0.556. The third-order valence-corrected chi connectivity index (χ3v) is 5.23. The number of likely N-dealkylation sites (N-methyl/N-ethyl adjacent to an activating group) is 1. The number of hydrogen-bond donors (Lipinski definition) is 1. The minimum absolute atomic E-state index is 0.000191. The van der Waals surface area contributed by atoms with Crippen molar-refractivity contribution in [3.63, 3.8) is 0 Å². The number of hydrogen-bond acceptors (Lipinski definition) is 5. The van der Waals surface area contributed by atoms with Gasteiger partial charge in [-0.3, -0.25) is 9.69 Å². The van der Waals surface area contributed by atoms with Crippen LogP contribution >= 0.6 is 0 Å². The number of benzene rings is 1. The van der Waals surface area contributed by atoms with Gasteiger partial charge in [-0.2, -0.15) is 0 Å². The van der Waals surface area contributed by atoms with Gasteiger partial charge in [0, 0.05) is 46.3 Å². The molecular formula is C18H24N4O4. The summed E-state index contributed by atoms with van der Waals surface area (Å²) in [6, 6.07) is 5.50. The molecule has 3 amide bonds. The van der Waals surface area contributed by atoms with Crippen LogP contribution in [0, 0.1) is 0 Å². The van der Waals surface area contributed by atoms with Crippen molar-refractivity contribution in [1.29, 1.82) is 0 Å². The molecule has 140 valence electrons. The van der Waals surface area contributed by atoms with Crippen molar-refractivity contribution in [2.75, 3.05) is 46.6 Å². The highest BCUT2D eigenvalue weighted by atomic mass is 16.7. The number of urea groups is 1. The molecule has 0 saturated carbocycles. The number of rotatable bonds is 3. The third kappa shape index (κ3) is 3.41. The monoisotopic (exact) mass is 360 g/mol. The average molecular weight is 360 g/mol. The van der Waals surface area contributed by atoms with Gasteiger partial charge in [-0.05, 0) is 24.1 Å². The summed E-state index contributed by atoms with van der Waals surface area (Å²) < 4.78 is 10.8. The molecule has 1 unspecified atom stereocenters. The van der Waals surface area contributed by atoms with Crippen LogP contribution in [-0.4, -0.2) is 79.2 Å². The second-order valence-corrected chi connectivity index (χ2v) is 7.00. The van der Waals surface area contributed by atoms with Gasteiger partial charge < -0.3 is 24.6 Å². The van der Waals surface area contributed by atoms with Gasteiger partial charge in [-0.1, -0.05) is 6.07 Å². The van der Waals surface area contributed by atoms with Gasteiger partial charge in [0.05, 0.1) is 0 Å². The largest absolute Gasteiger partial charge is 0.454 e. The van der Waals surface area contributed by atoms with Gasteiger partial charge in [0.25, 0.3) is 0 Å². The molecule has 0 spiro atoms. The molecule has 1 aromatic rings. The molecule has 0 bridgehead atoms. The number of piperazine rings is 1. The number of carbonyl (C=O) groups is 2. The van der Waals surface area contributed by atoms with Crippen molar-refractivity contribution in [3.05, 3.63) is 23.8 Å². The Bertz CT molecular complexity index is 702. The van der Waals surface area contributed by atoms with E-state index in [1.165, 1.54) is 5.56 Å². The SMILES string of the molecule is CN1CCC(NC(=O)N2CCN(Cc3ccc4c(c3)OCO4)CC2)C1=O. The van der Waals surface area contributed by atoms with Crippen LogP contribution < -0.4 is 14.8 Å². The number of ether oxygens (including phenoxy) is 2. The van der Waals surface area contributed by atoms with Gasteiger partial charge in [0.2, 0.25) is 12.7 Å². The zero-order valence-corrected chi connectivity index (χ0v) is 14.9. The summed E-state index contributed by atoms with van der Waals surface area (Å²) in [7, 11) is 1.77. The van der Waals surface area contributed by atoms with Crippen LogP contribution in [0.1, 0.15) is 12.0 Å². The molecule has 0 radical (unpaired) electrons. The van der Waals surface area contributed by atoms with E-state index in [1.807, 2.05) is 12.1 Å². The topological polar surface area (TPSA) is 74.4 Å². The maximum absolute atomic E-state index is 12.4. The van der Waals surface area contributed by atoms with Gasteiger partial charge in [-0.25, -0.2) is 4.79 Å². The van der Waals surface area contributed by atoms with Crippen molar-refractivity contribution in [1.82, 2.24) is 20.0 Å². The summed E-state index contributed by atoms with van der Waals surface area (Å²) in [5.74, 6) is 1.59. The molecule has 3 aliphatic heterocycles. The second kappa shape index (κ2) is 7.03. The summed E-state index contributed by atoms with van der Waals surface area (Å²) in [5, 5.41) is 2.87. The van der Waals surface area contributed by atoms with Gasteiger partial charge in [-0.15, -0.1) is 0 Å². The molecule has 4 rings (SSSR count). The van der Waals surface area contributed by atoms with E-state index in [0.717, 1.165) is 31.1 Å². The van der Waals surface area contributed by atoms with Crippen molar-refractivity contribution < 1.29 is 19.1 Å². The molecular weight excluding hydrogens is 336 g/mol. The van der Waals surface area contributed by atoms with Crippen LogP contribution in [0.25, 0.3) is 0 Å². The van der Waals surface area contributed by atoms with E-state index in [2.05, 4.69) is 16.3 Å². The molecule has 3 heterocycles. The van der Waals surface area contributed by atoms with Crippen molar-refractivity contribution >= 4 is 11.9 Å². The Morgan fingerprint density at radius 1 is 1.15 bits per heavy atom. The van der Waals surface area contributed by atoms with Crippen LogP contribution in [0.3, 0.4) is 0 Å². The Balaban J connectivity index is 1.26. The summed E-state index contributed by atoms with van der Waals surface area (Å²) in [4.78, 5) is 30.1. The summed E-state index contributed by atoms with van der Waals surface area (Å²) in [6.45, 7) is 4.73. The zero-order chi connectivity index (χ0) is 18.1. The summed E-state index contributed by atoms with van der Waals surface area (Å²) >= 11 is 0. The molecule has 2 fully saturated rings. The predicted molar refractivity (Wildman–Crippen MR) is 94.0 cm³/mol. The number of likely N-dealkylation sites (tertiary alicyclic amines) is 1. The number of nitrogens with one attached hydrogen (secondary N) is 1. The van der Waals surface area contributed by atoms with Crippen molar-refractivity contribution in [2.45, 2.75) is 19.0 Å². The van der Waals surface area contributed by atoms with Crippen LogP contribution in [0.15, 0.2) is 18.2 Å². The first kappa shape index (κ1) is 17.0. The molecule has 0 aliphatic carbocycles. The molecule has 1 aromatic carbocycles. The lowest BCUT2D eigenvalue weighted by atomic mass is 10.1. The smallest absolute Gasteiger partial charge is 0.318 e. The quantitative estimate of drug-likeness (QED) is 0.848. The Morgan fingerprint density at radius 2 is 1.92 bits per heavy atom.